The van der Waals surface area contributed by atoms with Crippen LogP contribution in [0.4, 0.5) is 0 Å². The van der Waals surface area contributed by atoms with E-state index >= 15 is 0 Å². The molecule has 1 aromatic carbocycles. The van der Waals surface area contributed by atoms with Gasteiger partial charge in [-0.1, -0.05) is 36.9 Å². The van der Waals surface area contributed by atoms with E-state index in [1.165, 1.54) is 22.0 Å². The monoisotopic (exact) mass is 251 g/mol. The Kier molecular flexibility index (Phi) is 3.93. The van der Waals surface area contributed by atoms with Gasteiger partial charge in [0.2, 0.25) is 0 Å². The summed E-state index contributed by atoms with van der Waals surface area (Å²) >= 11 is 3.04. The maximum absolute atomic E-state index is 6.08. The summed E-state index contributed by atoms with van der Waals surface area (Å²) < 4.78 is 4.95. The van der Waals surface area contributed by atoms with Crippen LogP contribution in [0.25, 0.3) is 0 Å². The van der Waals surface area contributed by atoms with Gasteiger partial charge in [0, 0.05) is 10.9 Å². The fourth-order valence-corrected chi connectivity index (χ4v) is 3.00. The predicted octanol–water partition coefficient (Wildman–Crippen LogP) is 3.10. The van der Waals surface area contributed by atoms with E-state index in [0.717, 1.165) is 10.8 Å². The molecule has 0 aliphatic heterocycles. The highest BCUT2D eigenvalue weighted by atomic mass is 32.2. The molecule has 84 valence electrons. The zero-order chi connectivity index (χ0) is 11.4. The highest BCUT2D eigenvalue weighted by Crippen LogP contribution is 2.33. The Morgan fingerprint density at radius 2 is 2.25 bits per heavy atom. The standard InChI is InChI=1S/C11H13N3S2/c1-2-9(12)8-5-3-4-6-10(8)15-11-13-7-14-16-11/h3-7,9H,2,12H2,1H3/t9-/m0/s1. The van der Waals surface area contributed by atoms with Crippen molar-refractivity contribution in [2.75, 3.05) is 0 Å². The quantitative estimate of drug-likeness (QED) is 0.907. The van der Waals surface area contributed by atoms with E-state index < -0.39 is 0 Å². The predicted molar refractivity (Wildman–Crippen MR) is 67.7 cm³/mol. The molecule has 5 heteroatoms. The molecule has 0 amide bonds. The van der Waals surface area contributed by atoms with Crippen molar-refractivity contribution in [1.82, 2.24) is 9.36 Å². The molecular weight excluding hydrogens is 238 g/mol. The van der Waals surface area contributed by atoms with Gasteiger partial charge in [-0.05, 0) is 29.6 Å². The molecule has 0 fully saturated rings. The zero-order valence-electron chi connectivity index (χ0n) is 8.96. The smallest absolute Gasteiger partial charge is 0.174 e. The molecular formula is C11H13N3S2. The molecule has 0 radical (unpaired) electrons. The van der Waals surface area contributed by atoms with Crippen molar-refractivity contribution in [3.05, 3.63) is 36.2 Å². The van der Waals surface area contributed by atoms with Crippen LogP contribution in [0.5, 0.6) is 0 Å². The van der Waals surface area contributed by atoms with E-state index in [1.54, 1.807) is 18.1 Å². The molecule has 0 aliphatic carbocycles. The second-order valence-electron chi connectivity index (χ2n) is 3.36. The van der Waals surface area contributed by atoms with Crippen molar-refractivity contribution in [3.63, 3.8) is 0 Å². The van der Waals surface area contributed by atoms with E-state index in [-0.39, 0.29) is 6.04 Å². The van der Waals surface area contributed by atoms with Gasteiger partial charge in [0.15, 0.2) is 4.34 Å². The number of nitrogens with two attached hydrogens (primary N) is 1. The normalized spacial score (nSPS) is 12.6. The molecule has 1 heterocycles. The van der Waals surface area contributed by atoms with Gasteiger partial charge in [0.25, 0.3) is 0 Å². The number of aromatic nitrogens is 2. The molecule has 1 atom stereocenters. The van der Waals surface area contributed by atoms with Crippen molar-refractivity contribution in [2.24, 2.45) is 5.73 Å². The molecule has 0 spiro atoms. The molecule has 2 aromatic rings. The Morgan fingerprint density at radius 3 is 2.94 bits per heavy atom. The molecule has 0 bridgehead atoms. The minimum Gasteiger partial charge on any atom is -0.324 e. The first-order valence-electron chi connectivity index (χ1n) is 5.10. The van der Waals surface area contributed by atoms with Gasteiger partial charge in [-0.25, -0.2) is 4.98 Å². The Morgan fingerprint density at radius 1 is 1.44 bits per heavy atom. The minimum atomic E-state index is 0.0941. The van der Waals surface area contributed by atoms with E-state index in [1.807, 2.05) is 12.1 Å². The molecule has 2 N–H and O–H groups in total. The zero-order valence-corrected chi connectivity index (χ0v) is 10.6. The third-order valence-corrected chi connectivity index (χ3v) is 4.10. The van der Waals surface area contributed by atoms with Crippen LogP contribution < -0.4 is 5.73 Å². The molecule has 2 rings (SSSR count). The van der Waals surface area contributed by atoms with Crippen LogP contribution in [0.15, 0.2) is 39.8 Å². The summed E-state index contributed by atoms with van der Waals surface area (Å²) in [5, 5.41) is 0. The van der Waals surface area contributed by atoms with Crippen LogP contribution in [0.3, 0.4) is 0 Å². The van der Waals surface area contributed by atoms with Gasteiger partial charge in [-0.3, -0.25) is 0 Å². The average molecular weight is 251 g/mol. The van der Waals surface area contributed by atoms with Crippen LogP contribution in [0.1, 0.15) is 24.9 Å². The third kappa shape index (κ3) is 2.61. The summed E-state index contributed by atoms with van der Waals surface area (Å²) in [4.78, 5) is 5.34. The van der Waals surface area contributed by atoms with Crippen LogP contribution in [-0.2, 0) is 0 Å². The molecule has 1 aromatic heterocycles. The number of benzene rings is 1. The number of hydrogen-bond acceptors (Lipinski definition) is 5. The van der Waals surface area contributed by atoms with Crippen LogP contribution >= 0.6 is 23.3 Å². The van der Waals surface area contributed by atoms with E-state index in [4.69, 9.17) is 5.73 Å². The Hall–Kier alpha value is -0.910. The molecule has 0 saturated heterocycles. The first kappa shape index (κ1) is 11.6. The highest BCUT2D eigenvalue weighted by molar-refractivity contribution is 8.01. The number of nitrogens with zero attached hydrogens (tertiary/aromatic N) is 2. The van der Waals surface area contributed by atoms with Gasteiger partial charge in [-0.15, -0.1) is 0 Å². The summed E-state index contributed by atoms with van der Waals surface area (Å²) in [7, 11) is 0. The fourth-order valence-electron chi connectivity index (χ4n) is 1.40. The molecule has 16 heavy (non-hydrogen) atoms. The maximum atomic E-state index is 6.08. The molecule has 0 unspecified atom stereocenters. The average Bonchev–Trinajstić information content (AvgIpc) is 2.82. The summed E-state index contributed by atoms with van der Waals surface area (Å²) in [6, 6.07) is 8.30. The Balaban J connectivity index is 2.26. The van der Waals surface area contributed by atoms with Crippen molar-refractivity contribution >= 4 is 23.3 Å². The lowest BCUT2D eigenvalue weighted by Gasteiger charge is -2.13. The molecule has 0 saturated carbocycles. The van der Waals surface area contributed by atoms with E-state index in [9.17, 15) is 0 Å². The first-order chi connectivity index (χ1) is 7.81. The lowest BCUT2D eigenvalue weighted by molar-refractivity contribution is 0.685. The van der Waals surface area contributed by atoms with Gasteiger partial charge >= 0.3 is 0 Å². The van der Waals surface area contributed by atoms with E-state index in [0.29, 0.717) is 0 Å². The van der Waals surface area contributed by atoms with Gasteiger partial charge in [0.05, 0.1) is 0 Å². The first-order valence-corrected chi connectivity index (χ1v) is 6.69. The Bertz CT molecular complexity index is 442. The SMILES string of the molecule is CC[C@H](N)c1ccccc1Sc1ncns1. The van der Waals surface area contributed by atoms with Crippen LogP contribution in [0, 0.1) is 0 Å². The summed E-state index contributed by atoms with van der Waals surface area (Å²) in [6.45, 7) is 2.09. The van der Waals surface area contributed by atoms with Crippen molar-refractivity contribution in [3.8, 4) is 0 Å². The lowest BCUT2D eigenvalue weighted by atomic mass is 10.1. The van der Waals surface area contributed by atoms with Gasteiger partial charge in [-0.2, -0.15) is 4.37 Å². The topological polar surface area (TPSA) is 51.8 Å². The third-order valence-electron chi connectivity index (χ3n) is 2.30. The molecule has 3 nitrogen and oxygen atoms in total. The highest BCUT2D eigenvalue weighted by Gasteiger charge is 2.10. The summed E-state index contributed by atoms with van der Waals surface area (Å²) in [6.07, 6.45) is 2.52. The van der Waals surface area contributed by atoms with Gasteiger partial charge in [0.1, 0.15) is 6.33 Å². The van der Waals surface area contributed by atoms with Crippen molar-refractivity contribution in [1.29, 1.82) is 0 Å². The second-order valence-corrected chi connectivity index (χ2v) is 5.43. The van der Waals surface area contributed by atoms with E-state index in [2.05, 4.69) is 28.4 Å². The molecule has 0 aliphatic rings. The van der Waals surface area contributed by atoms with Gasteiger partial charge < -0.3 is 5.73 Å². The fraction of sp³-hybridized carbons (Fsp3) is 0.273. The van der Waals surface area contributed by atoms with Crippen LogP contribution in [0.2, 0.25) is 0 Å². The maximum Gasteiger partial charge on any atom is 0.174 e. The lowest BCUT2D eigenvalue weighted by Crippen LogP contribution is -2.09. The largest absolute Gasteiger partial charge is 0.324 e. The minimum absolute atomic E-state index is 0.0941. The van der Waals surface area contributed by atoms with Crippen LogP contribution in [-0.4, -0.2) is 9.36 Å². The van der Waals surface area contributed by atoms with Crippen molar-refractivity contribution in [2.45, 2.75) is 28.6 Å². The number of hydrogen-bond donors (Lipinski definition) is 1. The summed E-state index contributed by atoms with van der Waals surface area (Å²) in [5.74, 6) is 0. The number of rotatable bonds is 4. The Labute approximate surface area is 103 Å². The summed E-state index contributed by atoms with van der Waals surface area (Å²) in [5.41, 5.74) is 7.26. The second kappa shape index (κ2) is 5.43. The van der Waals surface area contributed by atoms with Crippen molar-refractivity contribution < 1.29 is 0 Å².